The van der Waals surface area contributed by atoms with Gasteiger partial charge in [-0.15, -0.1) is 0 Å². The molecule has 5 heteroatoms. The molecule has 0 aliphatic carbocycles. The number of allylic oxidation sites excluding steroid dienone is 1. The summed E-state index contributed by atoms with van der Waals surface area (Å²) in [6.45, 7) is 4.69. The molecular formula is C14H21ClFN3. The first-order valence-corrected chi connectivity index (χ1v) is 6.62. The van der Waals surface area contributed by atoms with Crippen molar-refractivity contribution >= 4 is 17.3 Å². The molecule has 0 bridgehead atoms. The highest BCUT2D eigenvalue weighted by Crippen LogP contribution is 2.24. The number of hydrogen-bond acceptors (Lipinski definition) is 3. The Hall–Kier alpha value is -1.10. The summed E-state index contributed by atoms with van der Waals surface area (Å²) in [5.41, 5.74) is 1.56. The molecule has 106 valence electrons. The van der Waals surface area contributed by atoms with E-state index in [1.807, 2.05) is 27.0 Å². The number of hydrazine groups is 1. The summed E-state index contributed by atoms with van der Waals surface area (Å²) in [7, 11) is 1.81. The Morgan fingerprint density at radius 3 is 2.84 bits per heavy atom. The molecule has 1 atom stereocenters. The molecule has 0 aliphatic heterocycles. The predicted molar refractivity (Wildman–Crippen MR) is 79.7 cm³/mol. The number of nitrogens with zero attached hydrogens (tertiary/aromatic N) is 1. The van der Waals surface area contributed by atoms with Crippen LogP contribution in [0.1, 0.15) is 20.3 Å². The van der Waals surface area contributed by atoms with Crippen LogP contribution in [0.25, 0.3) is 0 Å². The molecule has 1 aromatic carbocycles. The van der Waals surface area contributed by atoms with Gasteiger partial charge < -0.3 is 5.32 Å². The minimum Gasteiger partial charge on any atom is -0.376 e. The van der Waals surface area contributed by atoms with E-state index in [2.05, 4.69) is 5.32 Å². The Bertz CT molecular complexity index is 446. The lowest BCUT2D eigenvalue weighted by Crippen LogP contribution is -2.32. The average molecular weight is 286 g/mol. The number of halogens is 2. The van der Waals surface area contributed by atoms with Crippen molar-refractivity contribution in [3.05, 3.63) is 40.7 Å². The molecule has 0 radical (unpaired) electrons. The average Bonchev–Trinajstić information content (AvgIpc) is 2.38. The number of rotatable bonds is 6. The van der Waals surface area contributed by atoms with Crippen LogP contribution < -0.4 is 11.2 Å². The van der Waals surface area contributed by atoms with Gasteiger partial charge in [-0.3, -0.25) is 10.9 Å². The Balaban J connectivity index is 2.85. The van der Waals surface area contributed by atoms with Gasteiger partial charge in [-0.1, -0.05) is 29.3 Å². The molecule has 0 heterocycles. The van der Waals surface area contributed by atoms with Crippen molar-refractivity contribution in [2.24, 2.45) is 5.84 Å². The Morgan fingerprint density at radius 2 is 2.26 bits per heavy atom. The molecule has 1 rings (SSSR count). The highest BCUT2D eigenvalue weighted by Gasteiger charge is 2.14. The summed E-state index contributed by atoms with van der Waals surface area (Å²) in [5.74, 6) is 5.20. The molecule has 0 fully saturated rings. The van der Waals surface area contributed by atoms with Crippen molar-refractivity contribution in [2.45, 2.75) is 26.3 Å². The maximum absolute atomic E-state index is 13.9. The zero-order valence-corrected chi connectivity index (χ0v) is 12.3. The van der Waals surface area contributed by atoms with Gasteiger partial charge in [0.2, 0.25) is 0 Å². The SMILES string of the molecule is C/C=C(\C)C(CCN(C)N)Nc1cccc(Cl)c1F. The van der Waals surface area contributed by atoms with Gasteiger partial charge in [0.05, 0.1) is 10.7 Å². The Morgan fingerprint density at radius 1 is 1.58 bits per heavy atom. The third-order valence-electron chi connectivity index (χ3n) is 3.06. The van der Waals surface area contributed by atoms with E-state index in [-0.39, 0.29) is 11.1 Å². The van der Waals surface area contributed by atoms with Crippen molar-refractivity contribution in [3.63, 3.8) is 0 Å². The normalized spacial score (nSPS) is 13.7. The van der Waals surface area contributed by atoms with Crippen LogP contribution in [-0.2, 0) is 0 Å². The van der Waals surface area contributed by atoms with E-state index in [9.17, 15) is 4.39 Å². The molecule has 3 nitrogen and oxygen atoms in total. The van der Waals surface area contributed by atoms with Crippen molar-refractivity contribution in [1.29, 1.82) is 0 Å². The number of nitrogens with one attached hydrogen (secondary N) is 1. The van der Waals surface area contributed by atoms with Gasteiger partial charge in [-0.25, -0.2) is 4.39 Å². The topological polar surface area (TPSA) is 41.3 Å². The van der Waals surface area contributed by atoms with Crippen LogP contribution in [0.2, 0.25) is 5.02 Å². The number of hydrogen-bond donors (Lipinski definition) is 2. The first-order chi connectivity index (χ1) is 8.95. The molecule has 1 aromatic rings. The second-order valence-electron chi connectivity index (χ2n) is 4.60. The minimum absolute atomic E-state index is 0.0315. The van der Waals surface area contributed by atoms with E-state index < -0.39 is 5.82 Å². The van der Waals surface area contributed by atoms with Crippen LogP contribution in [0, 0.1) is 5.82 Å². The van der Waals surface area contributed by atoms with Crippen LogP contribution in [0.15, 0.2) is 29.8 Å². The molecule has 0 spiro atoms. The van der Waals surface area contributed by atoms with Gasteiger partial charge in [-0.05, 0) is 32.4 Å². The Labute approximate surface area is 119 Å². The van der Waals surface area contributed by atoms with Crippen LogP contribution >= 0.6 is 11.6 Å². The molecule has 1 unspecified atom stereocenters. The first kappa shape index (κ1) is 16.0. The summed E-state index contributed by atoms with van der Waals surface area (Å²) in [6, 6.07) is 4.98. The lowest BCUT2D eigenvalue weighted by atomic mass is 10.0. The van der Waals surface area contributed by atoms with E-state index in [4.69, 9.17) is 17.4 Å². The molecule has 0 saturated carbocycles. The lowest BCUT2D eigenvalue weighted by molar-refractivity contribution is 0.338. The summed E-state index contributed by atoms with van der Waals surface area (Å²) < 4.78 is 13.9. The number of benzene rings is 1. The summed E-state index contributed by atoms with van der Waals surface area (Å²) in [6.07, 6.45) is 2.80. The largest absolute Gasteiger partial charge is 0.376 e. The van der Waals surface area contributed by atoms with Gasteiger partial charge in [0.15, 0.2) is 5.82 Å². The van der Waals surface area contributed by atoms with E-state index in [1.54, 1.807) is 17.1 Å². The summed E-state index contributed by atoms with van der Waals surface area (Å²) in [4.78, 5) is 0. The van der Waals surface area contributed by atoms with Gasteiger partial charge >= 0.3 is 0 Å². The fourth-order valence-electron chi connectivity index (χ4n) is 1.75. The second-order valence-corrected chi connectivity index (χ2v) is 5.01. The highest BCUT2D eigenvalue weighted by molar-refractivity contribution is 6.31. The smallest absolute Gasteiger partial charge is 0.164 e. The van der Waals surface area contributed by atoms with E-state index >= 15 is 0 Å². The first-order valence-electron chi connectivity index (χ1n) is 6.25. The van der Waals surface area contributed by atoms with Crippen molar-refractivity contribution in [1.82, 2.24) is 5.01 Å². The predicted octanol–water partition coefficient (Wildman–Crippen LogP) is 3.42. The van der Waals surface area contributed by atoms with Gasteiger partial charge in [0, 0.05) is 19.6 Å². The van der Waals surface area contributed by atoms with Crippen molar-refractivity contribution in [2.75, 3.05) is 18.9 Å². The van der Waals surface area contributed by atoms with E-state index in [1.165, 1.54) is 6.07 Å². The molecule has 0 saturated heterocycles. The fourth-order valence-corrected chi connectivity index (χ4v) is 1.93. The molecule has 0 aromatic heterocycles. The maximum atomic E-state index is 13.9. The quantitative estimate of drug-likeness (QED) is 0.478. The zero-order chi connectivity index (χ0) is 14.4. The van der Waals surface area contributed by atoms with Gasteiger partial charge in [0.25, 0.3) is 0 Å². The maximum Gasteiger partial charge on any atom is 0.164 e. The standard InChI is InChI=1S/C14H21ClFN3/c1-4-10(2)12(8-9-19(3)17)18-13-7-5-6-11(15)14(13)16/h4-7,12,18H,8-9,17H2,1-3H3/b10-4+. The van der Waals surface area contributed by atoms with Crippen molar-refractivity contribution in [3.8, 4) is 0 Å². The minimum atomic E-state index is -0.417. The Kier molecular flexibility index (Phi) is 6.28. The highest BCUT2D eigenvalue weighted by atomic mass is 35.5. The molecule has 3 N–H and O–H groups in total. The van der Waals surface area contributed by atoms with Crippen LogP contribution in [0.5, 0.6) is 0 Å². The summed E-state index contributed by atoms with van der Waals surface area (Å²) >= 11 is 5.78. The molecular weight excluding hydrogens is 265 g/mol. The molecule has 19 heavy (non-hydrogen) atoms. The molecule has 0 aliphatic rings. The number of anilines is 1. The van der Waals surface area contributed by atoms with Gasteiger partial charge in [0.1, 0.15) is 0 Å². The monoisotopic (exact) mass is 285 g/mol. The van der Waals surface area contributed by atoms with E-state index in [0.717, 1.165) is 12.0 Å². The zero-order valence-electron chi connectivity index (χ0n) is 11.6. The third-order valence-corrected chi connectivity index (χ3v) is 3.35. The third kappa shape index (κ3) is 4.82. The van der Waals surface area contributed by atoms with Gasteiger partial charge in [-0.2, -0.15) is 0 Å². The second kappa shape index (κ2) is 7.48. The van der Waals surface area contributed by atoms with Crippen LogP contribution in [-0.4, -0.2) is 24.6 Å². The summed E-state index contributed by atoms with van der Waals surface area (Å²) in [5, 5.41) is 4.92. The van der Waals surface area contributed by atoms with E-state index in [0.29, 0.717) is 12.2 Å². The number of nitrogens with two attached hydrogens (primary N) is 1. The molecule has 0 amide bonds. The van der Waals surface area contributed by atoms with Crippen LogP contribution in [0.3, 0.4) is 0 Å². The van der Waals surface area contributed by atoms with Crippen molar-refractivity contribution < 1.29 is 4.39 Å². The fraction of sp³-hybridized carbons (Fsp3) is 0.429. The van der Waals surface area contributed by atoms with Crippen LogP contribution in [0.4, 0.5) is 10.1 Å². The lowest BCUT2D eigenvalue weighted by Gasteiger charge is -2.23.